The number of anilines is 1. The van der Waals surface area contributed by atoms with Crippen LogP contribution in [0.15, 0.2) is 97.4 Å². The molecule has 1 aliphatic heterocycles. The van der Waals surface area contributed by atoms with Gasteiger partial charge in [-0.25, -0.2) is 0 Å². The summed E-state index contributed by atoms with van der Waals surface area (Å²) < 4.78 is 0. The molecule has 45 heavy (non-hydrogen) atoms. The van der Waals surface area contributed by atoms with E-state index in [-0.39, 0.29) is 18.4 Å². The Morgan fingerprint density at radius 1 is 0.978 bits per heavy atom. The fourth-order valence-electron chi connectivity index (χ4n) is 5.46. The average molecular weight is 610 g/mol. The molecule has 3 aromatic rings. The fraction of sp³-hybridized carbons (Fsp3) is 0.378. The first-order valence-electron chi connectivity index (χ1n) is 16.0. The molecule has 0 saturated carbocycles. The maximum atomic E-state index is 14.0. The van der Waals surface area contributed by atoms with E-state index >= 15 is 0 Å². The molecule has 8 nitrogen and oxygen atoms in total. The largest absolute Gasteiger partial charge is 0.390 e. The first-order valence-corrected chi connectivity index (χ1v) is 16.0. The van der Waals surface area contributed by atoms with Crippen LogP contribution in [0.4, 0.5) is 5.69 Å². The van der Waals surface area contributed by atoms with Crippen molar-refractivity contribution in [2.75, 3.05) is 31.1 Å². The van der Waals surface area contributed by atoms with Crippen molar-refractivity contribution in [3.63, 3.8) is 0 Å². The zero-order chi connectivity index (χ0) is 32.2. The lowest BCUT2D eigenvalue weighted by Crippen LogP contribution is -2.51. The molecule has 0 aliphatic carbocycles. The second-order valence-electron chi connectivity index (χ2n) is 12.0. The molecule has 4 rings (SSSR count). The highest BCUT2D eigenvalue weighted by atomic mass is 16.3. The lowest BCUT2D eigenvalue weighted by molar-refractivity contribution is 0.0755. The van der Waals surface area contributed by atoms with Gasteiger partial charge < -0.3 is 25.5 Å². The van der Waals surface area contributed by atoms with Gasteiger partial charge in [0.05, 0.1) is 23.4 Å². The van der Waals surface area contributed by atoms with Crippen molar-refractivity contribution >= 4 is 17.5 Å². The Hall–Kier alpha value is -4.27. The fourth-order valence-corrected chi connectivity index (χ4v) is 5.46. The Balaban J connectivity index is 1.61. The molecule has 238 valence electrons. The summed E-state index contributed by atoms with van der Waals surface area (Å²) in [5.41, 5.74) is 2.97. The molecule has 1 aromatic heterocycles. The Kier molecular flexibility index (Phi) is 12.1. The third kappa shape index (κ3) is 9.36. The molecule has 2 aromatic carbocycles. The lowest BCUT2D eigenvalue weighted by atomic mass is 9.97. The van der Waals surface area contributed by atoms with Crippen molar-refractivity contribution in [1.82, 2.24) is 20.5 Å². The molecule has 0 fully saturated rings. The van der Waals surface area contributed by atoms with Gasteiger partial charge in [-0.1, -0.05) is 62.4 Å². The molecule has 0 radical (unpaired) electrons. The predicted molar refractivity (Wildman–Crippen MR) is 181 cm³/mol. The summed E-state index contributed by atoms with van der Waals surface area (Å²) in [6.07, 6.45) is 10.9. The van der Waals surface area contributed by atoms with Crippen LogP contribution in [0.3, 0.4) is 0 Å². The number of aliphatic hydroxyl groups is 1. The van der Waals surface area contributed by atoms with Crippen molar-refractivity contribution in [3.05, 3.63) is 120 Å². The second kappa shape index (κ2) is 16.2. The van der Waals surface area contributed by atoms with Crippen molar-refractivity contribution in [1.29, 1.82) is 0 Å². The molecule has 1 aliphatic rings. The molecule has 2 heterocycles. The second-order valence-corrected chi connectivity index (χ2v) is 12.0. The van der Waals surface area contributed by atoms with E-state index in [9.17, 15) is 14.7 Å². The number of nitrogens with one attached hydrogen (secondary N) is 2. The third-order valence-corrected chi connectivity index (χ3v) is 7.99. The van der Waals surface area contributed by atoms with Crippen molar-refractivity contribution in [2.24, 2.45) is 0 Å². The minimum atomic E-state index is -0.902. The summed E-state index contributed by atoms with van der Waals surface area (Å²) in [4.78, 5) is 36.0. The number of hydrogen-bond acceptors (Lipinski definition) is 6. The van der Waals surface area contributed by atoms with Crippen LogP contribution in [-0.2, 0) is 12.0 Å². The number of carbonyl (C=O) groups is 2. The van der Waals surface area contributed by atoms with Crippen LogP contribution in [0.2, 0.25) is 0 Å². The molecule has 0 saturated heterocycles. The van der Waals surface area contributed by atoms with Crippen molar-refractivity contribution in [3.8, 4) is 0 Å². The summed E-state index contributed by atoms with van der Waals surface area (Å²) in [6, 6.07) is 20.3. The first kappa shape index (κ1) is 33.6. The number of aromatic nitrogens is 1. The van der Waals surface area contributed by atoms with Gasteiger partial charge in [0.25, 0.3) is 11.8 Å². The Labute approximate surface area is 267 Å². The molecule has 2 atom stereocenters. The van der Waals surface area contributed by atoms with Crippen LogP contribution < -0.4 is 15.5 Å². The van der Waals surface area contributed by atoms with Crippen molar-refractivity contribution in [2.45, 2.75) is 64.6 Å². The molecular weight excluding hydrogens is 562 g/mol. The van der Waals surface area contributed by atoms with Crippen LogP contribution >= 0.6 is 0 Å². The van der Waals surface area contributed by atoms with E-state index in [1.165, 1.54) is 0 Å². The number of amides is 2. The smallest absolute Gasteiger partial charge is 0.253 e. The monoisotopic (exact) mass is 609 g/mol. The minimum absolute atomic E-state index is 0.0899. The molecule has 0 unspecified atom stereocenters. The first-order chi connectivity index (χ1) is 21.7. The maximum Gasteiger partial charge on any atom is 0.253 e. The van der Waals surface area contributed by atoms with Gasteiger partial charge in [-0.05, 0) is 75.1 Å². The number of allylic oxidation sites excluding steroid dienone is 2. The zero-order valence-electron chi connectivity index (χ0n) is 26.9. The normalized spacial score (nSPS) is 14.2. The van der Waals surface area contributed by atoms with Crippen molar-refractivity contribution < 1.29 is 14.7 Å². The van der Waals surface area contributed by atoms with Gasteiger partial charge in [0.2, 0.25) is 0 Å². The Morgan fingerprint density at radius 2 is 1.69 bits per heavy atom. The van der Waals surface area contributed by atoms with Gasteiger partial charge in [0, 0.05) is 55.4 Å². The highest BCUT2D eigenvalue weighted by molar-refractivity contribution is 6.01. The van der Waals surface area contributed by atoms with E-state index in [2.05, 4.69) is 29.5 Å². The zero-order valence-corrected chi connectivity index (χ0v) is 26.9. The number of hydrogen-bond donors (Lipinski definition) is 3. The number of benzene rings is 2. The maximum absolute atomic E-state index is 14.0. The van der Waals surface area contributed by atoms with Gasteiger partial charge in [-0.2, -0.15) is 0 Å². The van der Waals surface area contributed by atoms with Crippen LogP contribution in [0.1, 0.15) is 72.5 Å². The van der Waals surface area contributed by atoms with Crippen LogP contribution in [0.25, 0.3) is 0 Å². The van der Waals surface area contributed by atoms with Gasteiger partial charge in [-0.3, -0.25) is 14.6 Å². The molecule has 2 amide bonds. The quantitative estimate of drug-likeness (QED) is 0.212. The number of carbonyl (C=O) groups excluding carboxylic acids is 2. The number of aliphatic hydroxyl groups excluding tert-OH is 1. The number of nitrogens with zero attached hydrogens (tertiary/aromatic N) is 3. The molecule has 3 N–H and O–H groups in total. The average Bonchev–Trinajstić information content (AvgIpc) is 3.07. The van der Waals surface area contributed by atoms with Crippen LogP contribution in [0, 0.1) is 0 Å². The summed E-state index contributed by atoms with van der Waals surface area (Å²) in [5.74, 6) is -0.433. The minimum Gasteiger partial charge on any atom is -0.390 e. The Morgan fingerprint density at radius 3 is 2.33 bits per heavy atom. The Bertz CT molecular complexity index is 1450. The molecule has 0 bridgehead atoms. The molecule has 0 spiro atoms. The number of rotatable bonds is 15. The van der Waals surface area contributed by atoms with E-state index < -0.39 is 17.7 Å². The van der Waals surface area contributed by atoms with E-state index in [4.69, 9.17) is 0 Å². The van der Waals surface area contributed by atoms with Gasteiger partial charge in [-0.15, -0.1) is 0 Å². The molecular formula is C37H47N5O3. The van der Waals surface area contributed by atoms with E-state index in [1.54, 1.807) is 12.3 Å². The van der Waals surface area contributed by atoms with Crippen LogP contribution in [0.5, 0.6) is 0 Å². The number of pyridine rings is 1. The van der Waals surface area contributed by atoms with E-state index in [0.717, 1.165) is 29.8 Å². The standard InChI is InChI=1S/C37H47N5O3/c1-5-19-42(20-6-2)36(45)30-24-29(25-31(26-30)41-21-13-8-14-22-41)35(44)40-32(23-28-15-9-7-10-16-28)33(43)27-39-37(3,4)34-17-11-12-18-38-34/h7-18,21,24-26,32-33,39,43H,5-6,19-20,22-23,27H2,1-4H3,(H,40,44)/t32-,33-/m0/s1. The predicted octanol–water partition coefficient (Wildman–Crippen LogP) is 5.46. The molecule has 8 heteroatoms. The van der Waals surface area contributed by atoms with Gasteiger partial charge in [0.1, 0.15) is 0 Å². The van der Waals surface area contributed by atoms with E-state index in [1.807, 2.05) is 109 Å². The van der Waals surface area contributed by atoms with Crippen LogP contribution in [-0.4, -0.2) is 65.1 Å². The van der Waals surface area contributed by atoms with Gasteiger partial charge >= 0.3 is 0 Å². The summed E-state index contributed by atoms with van der Waals surface area (Å²) in [5, 5.41) is 18.0. The summed E-state index contributed by atoms with van der Waals surface area (Å²) >= 11 is 0. The summed E-state index contributed by atoms with van der Waals surface area (Å²) in [7, 11) is 0. The van der Waals surface area contributed by atoms with Gasteiger partial charge in [0.15, 0.2) is 0 Å². The highest BCUT2D eigenvalue weighted by Gasteiger charge is 2.28. The summed E-state index contributed by atoms with van der Waals surface area (Å²) in [6.45, 7) is 10.3. The topological polar surface area (TPSA) is 97.8 Å². The SMILES string of the molecule is CCCN(CCC)C(=O)c1cc(C(=O)N[C@@H](Cc2ccccc2)[C@@H](O)CNC(C)(C)c2ccccn2)cc(N2C=CC=CC2)c1. The third-order valence-electron chi connectivity index (χ3n) is 7.99. The lowest BCUT2D eigenvalue weighted by Gasteiger charge is -2.31. The highest BCUT2D eigenvalue weighted by Crippen LogP contribution is 2.24. The van der Waals surface area contributed by atoms with E-state index in [0.29, 0.717) is 37.2 Å².